The summed E-state index contributed by atoms with van der Waals surface area (Å²) in [6.45, 7) is 8.57. The first-order valence-electron chi connectivity index (χ1n) is 5.52. The minimum atomic E-state index is -0.403. The molecule has 15 heavy (non-hydrogen) atoms. The fraction of sp³-hybridized carbons (Fsp3) is 0.909. The first-order chi connectivity index (χ1) is 6.85. The number of nitrogens with zero attached hydrogens (tertiary/aromatic N) is 1. The van der Waals surface area contributed by atoms with Crippen molar-refractivity contribution in [2.24, 2.45) is 0 Å². The van der Waals surface area contributed by atoms with Crippen molar-refractivity contribution in [3.8, 4) is 0 Å². The van der Waals surface area contributed by atoms with Gasteiger partial charge in [0.1, 0.15) is 5.60 Å². The summed E-state index contributed by atoms with van der Waals surface area (Å²) in [5.74, 6) is 0. The molecule has 1 rings (SSSR count). The zero-order chi connectivity index (χ0) is 11.6. The third-order valence-electron chi connectivity index (χ3n) is 2.73. The summed E-state index contributed by atoms with van der Waals surface area (Å²) in [5.41, 5.74) is -0.403. The molecule has 88 valence electrons. The molecule has 1 saturated heterocycles. The van der Waals surface area contributed by atoms with Crippen LogP contribution in [0.1, 0.15) is 34.1 Å². The Bertz CT molecular complexity index is 235. The predicted octanol–water partition coefficient (Wildman–Crippen LogP) is 1.60. The minimum absolute atomic E-state index is 0.194. The maximum absolute atomic E-state index is 11.7. The van der Waals surface area contributed by atoms with E-state index in [2.05, 4.69) is 12.2 Å². The molecule has 2 atom stereocenters. The Hall–Kier alpha value is -0.770. The Balaban J connectivity index is 2.48. The van der Waals surface area contributed by atoms with E-state index < -0.39 is 5.60 Å². The number of likely N-dealkylation sites (N-methyl/N-ethyl adjacent to an activating group) is 1. The van der Waals surface area contributed by atoms with Gasteiger partial charge in [0.2, 0.25) is 0 Å². The maximum atomic E-state index is 11.7. The monoisotopic (exact) mass is 214 g/mol. The number of carbonyl (C=O) groups is 1. The first-order valence-corrected chi connectivity index (χ1v) is 5.52. The van der Waals surface area contributed by atoms with Crippen LogP contribution >= 0.6 is 0 Å². The van der Waals surface area contributed by atoms with E-state index >= 15 is 0 Å². The molecule has 0 radical (unpaired) electrons. The van der Waals surface area contributed by atoms with Gasteiger partial charge in [-0.3, -0.25) is 0 Å². The van der Waals surface area contributed by atoms with Crippen LogP contribution in [-0.2, 0) is 4.74 Å². The van der Waals surface area contributed by atoms with Crippen LogP contribution in [0.4, 0.5) is 4.79 Å². The molecule has 1 fully saturated rings. The molecule has 1 heterocycles. The summed E-state index contributed by atoms with van der Waals surface area (Å²) < 4.78 is 5.33. The molecule has 2 unspecified atom stereocenters. The van der Waals surface area contributed by atoms with Crippen LogP contribution in [0.25, 0.3) is 0 Å². The molecule has 0 aromatic heterocycles. The highest BCUT2D eigenvalue weighted by Gasteiger charge is 2.37. The van der Waals surface area contributed by atoms with Crippen molar-refractivity contribution in [2.75, 3.05) is 13.6 Å². The van der Waals surface area contributed by atoms with E-state index in [4.69, 9.17) is 4.74 Å². The molecule has 0 aromatic rings. The van der Waals surface area contributed by atoms with Crippen LogP contribution < -0.4 is 5.32 Å². The standard InChI is InChI=1S/C11H22N2O2/c1-8(12-5)9-6-7-13(9)10(14)15-11(2,3)4/h8-9,12H,6-7H2,1-5H3. The molecular weight excluding hydrogens is 192 g/mol. The molecular formula is C11H22N2O2. The first kappa shape index (κ1) is 12.3. The summed E-state index contributed by atoms with van der Waals surface area (Å²) in [4.78, 5) is 13.5. The number of carbonyl (C=O) groups excluding carboxylic acids is 1. The van der Waals surface area contributed by atoms with Crippen LogP contribution in [-0.4, -0.2) is 42.3 Å². The summed E-state index contributed by atoms with van der Waals surface area (Å²) in [7, 11) is 1.91. The van der Waals surface area contributed by atoms with Gasteiger partial charge in [-0.25, -0.2) is 4.79 Å². The maximum Gasteiger partial charge on any atom is 0.410 e. The smallest absolute Gasteiger partial charge is 0.410 e. The molecule has 0 aliphatic carbocycles. The van der Waals surface area contributed by atoms with E-state index in [1.165, 1.54) is 0 Å². The van der Waals surface area contributed by atoms with E-state index in [-0.39, 0.29) is 12.1 Å². The van der Waals surface area contributed by atoms with Gasteiger partial charge in [-0.15, -0.1) is 0 Å². The van der Waals surface area contributed by atoms with Crippen LogP contribution in [0, 0.1) is 0 Å². The van der Waals surface area contributed by atoms with Crippen molar-refractivity contribution < 1.29 is 9.53 Å². The van der Waals surface area contributed by atoms with E-state index in [1.54, 1.807) is 4.90 Å². The van der Waals surface area contributed by atoms with E-state index in [0.29, 0.717) is 6.04 Å². The SMILES string of the molecule is CNC(C)C1CCN1C(=O)OC(C)(C)C. The van der Waals surface area contributed by atoms with Crippen molar-refractivity contribution in [3.05, 3.63) is 0 Å². The lowest BCUT2D eigenvalue weighted by atomic mass is 9.97. The number of nitrogens with one attached hydrogen (secondary N) is 1. The lowest BCUT2D eigenvalue weighted by molar-refractivity contribution is -0.0109. The van der Waals surface area contributed by atoms with Crippen molar-refractivity contribution in [3.63, 3.8) is 0 Å². The number of likely N-dealkylation sites (tertiary alicyclic amines) is 1. The topological polar surface area (TPSA) is 41.6 Å². The van der Waals surface area contributed by atoms with E-state index in [9.17, 15) is 4.79 Å². The summed E-state index contributed by atoms with van der Waals surface area (Å²) in [6.07, 6.45) is 0.863. The average molecular weight is 214 g/mol. The molecule has 1 amide bonds. The van der Waals surface area contributed by atoms with Crippen molar-refractivity contribution in [1.29, 1.82) is 0 Å². The van der Waals surface area contributed by atoms with Gasteiger partial charge < -0.3 is 15.0 Å². The number of amides is 1. The summed E-state index contributed by atoms with van der Waals surface area (Å²) in [6, 6.07) is 0.608. The highest BCUT2D eigenvalue weighted by molar-refractivity contribution is 5.69. The predicted molar refractivity (Wildman–Crippen MR) is 59.9 cm³/mol. The summed E-state index contributed by atoms with van der Waals surface area (Å²) >= 11 is 0. The zero-order valence-corrected chi connectivity index (χ0v) is 10.3. The summed E-state index contributed by atoms with van der Waals surface area (Å²) in [5, 5.41) is 3.17. The second-order valence-electron chi connectivity index (χ2n) is 5.11. The highest BCUT2D eigenvalue weighted by atomic mass is 16.6. The van der Waals surface area contributed by atoms with E-state index in [0.717, 1.165) is 13.0 Å². The molecule has 1 N–H and O–H groups in total. The van der Waals surface area contributed by atoms with Crippen LogP contribution in [0.3, 0.4) is 0 Å². The minimum Gasteiger partial charge on any atom is -0.444 e. The fourth-order valence-corrected chi connectivity index (χ4v) is 1.67. The van der Waals surface area contributed by atoms with Crippen molar-refractivity contribution >= 4 is 6.09 Å². The van der Waals surface area contributed by atoms with Crippen molar-refractivity contribution in [1.82, 2.24) is 10.2 Å². The van der Waals surface area contributed by atoms with Crippen LogP contribution in [0.5, 0.6) is 0 Å². The van der Waals surface area contributed by atoms with Gasteiger partial charge in [-0.1, -0.05) is 0 Å². The highest BCUT2D eigenvalue weighted by Crippen LogP contribution is 2.23. The van der Waals surface area contributed by atoms with E-state index in [1.807, 2.05) is 27.8 Å². The van der Waals surface area contributed by atoms with Gasteiger partial charge in [0.25, 0.3) is 0 Å². The molecule has 1 aliphatic rings. The van der Waals surface area contributed by atoms with Crippen molar-refractivity contribution in [2.45, 2.75) is 51.8 Å². The van der Waals surface area contributed by atoms with Crippen LogP contribution in [0.2, 0.25) is 0 Å². The lowest BCUT2D eigenvalue weighted by Gasteiger charge is -2.44. The molecule has 0 spiro atoms. The molecule has 1 aliphatic heterocycles. The average Bonchev–Trinajstić information content (AvgIpc) is 1.97. The van der Waals surface area contributed by atoms with Gasteiger partial charge in [-0.2, -0.15) is 0 Å². The molecule has 4 nitrogen and oxygen atoms in total. The third kappa shape index (κ3) is 3.09. The van der Waals surface area contributed by atoms with Crippen LogP contribution in [0.15, 0.2) is 0 Å². The third-order valence-corrected chi connectivity index (χ3v) is 2.73. The Kier molecular flexibility index (Phi) is 3.60. The van der Waals surface area contributed by atoms with Gasteiger partial charge in [-0.05, 0) is 41.2 Å². The normalized spacial score (nSPS) is 23.3. The fourth-order valence-electron chi connectivity index (χ4n) is 1.67. The van der Waals surface area contributed by atoms with Gasteiger partial charge >= 0.3 is 6.09 Å². The molecule has 0 bridgehead atoms. The second-order valence-corrected chi connectivity index (χ2v) is 5.11. The van der Waals surface area contributed by atoms with Gasteiger partial charge in [0, 0.05) is 12.6 Å². The number of hydrogen-bond acceptors (Lipinski definition) is 3. The Labute approximate surface area is 92.0 Å². The zero-order valence-electron chi connectivity index (χ0n) is 10.3. The number of ether oxygens (including phenoxy) is 1. The Morgan fingerprint density at radius 1 is 1.53 bits per heavy atom. The quantitative estimate of drug-likeness (QED) is 0.759. The number of rotatable bonds is 2. The molecule has 4 heteroatoms. The Morgan fingerprint density at radius 3 is 2.47 bits per heavy atom. The largest absolute Gasteiger partial charge is 0.444 e. The molecule has 0 saturated carbocycles. The lowest BCUT2D eigenvalue weighted by Crippen LogP contribution is -2.59. The van der Waals surface area contributed by atoms with Gasteiger partial charge in [0.15, 0.2) is 0 Å². The number of hydrogen-bond donors (Lipinski definition) is 1. The van der Waals surface area contributed by atoms with Gasteiger partial charge in [0.05, 0.1) is 6.04 Å². The second kappa shape index (κ2) is 4.39. The Morgan fingerprint density at radius 2 is 2.13 bits per heavy atom. The molecule has 0 aromatic carbocycles.